The highest BCUT2D eigenvalue weighted by atomic mass is 32.2. The second-order valence-corrected chi connectivity index (χ2v) is 10.8. The molecule has 0 saturated heterocycles. The van der Waals surface area contributed by atoms with E-state index >= 15 is 0 Å². The second-order valence-electron chi connectivity index (χ2n) is 7.91. The Morgan fingerprint density at radius 2 is 1.76 bits per heavy atom. The summed E-state index contributed by atoms with van der Waals surface area (Å²) in [5.74, 6) is 0.607. The summed E-state index contributed by atoms with van der Waals surface area (Å²) in [5, 5.41) is 8.29. The molecule has 0 saturated carbocycles. The number of aryl methyl sites for hydroxylation is 1. The summed E-state index contributed by atoms with van der Waals surface area (Å²) in [7, 11) is -3.72. The molecule has 0 radical (unpaired) electrons. The molecule has 2 aromatic rings. The molecule has 2 aliphatic rings. The molecule has 0 aromatic heterocycles. The van der Waals surface area contributed by atoms with Gasteiger partial charge in [-0.2, -0.15) is 9.39 Å². The fraction of sp³-hybridized carbons (Fsp3) is 0.280. The number of nitrogens with zero attached hydrogens (tertiary/aromatic N) is 3. The van der Waals surface area contributed by atoms with E-state index < -0.39 is 15.7 Å². The van der Waals surface area contributed by atoms with Gasteiger partial charge >= 0.3 is 0 Å². The van der Waals surface area contributed by atoms with Crippen molar-refractivity contribution < 1.29 is 27.4 Å². The molecule has 2 aliphatic heterocycles. The minimum Gasteiger partial charge on any atom is -0.490 e. The van der Waals surface area contributed by atoms with Gasteiger partial charge in [0.05, 0.1) is 29.9 Å². The van der Waals surface area contributed by atoms with Crippen molar-refractivity contribution in [3.8, 4) is 17.2 Å². The molecule has 194 valence electrons. The van der Waals surface area contributed by atoms with Crippen molar-refractivity contribution in [1.29, 1.82) is 5.41 Å². The number of fused-ring (bicyclic) bond motifs is 1. The van der Waals surface area contributed by atoms with Crippen LogP contribution in [0, 0.1) is 12.3 Å². The van der Waals surface area contributed by atoms with Gasteiger partial charge in [-0.1, -0.05) is 31.2 Å². The zero-order valence-electron chi connectivity index (χ0n) is 20.6. The molecular formula is C25H26N4O6S2. The normalized spacial score (nSPS) is 16.4. The quantitative estimate of drug-likeness (QED) is 0.287. The van der Waals surface area contributed by atoms with E-state index in [9.17, 15) is 13.2 Å². The van der Waals surface area contributed by atoms with Crippen molar-refractivity contribution in [3.63, 3.8) is 0 Å². The van der Waals surface area contributed by atoms with Crippen LogP contribution in [0.1, 0.15) is 25.0 Å². The number of carbonyl (C=O) groups is 1. The first kappa shape index (κ1) is 26.4. The van der Waals surface area contributed by atoms with E-state index in [1.54, 1.807) is 18.2 Å². The topological polar surface area (TPSA) is 131 Å². The Bertz CT molecular complexity index is 1430. The number of nitrogens with one attached hydrogen (secondary N) is 1. The predicted octanol–water partition coefficient (Wildman–Crippen LogP) is 3.86. The first-order chi connectivity index (χ1) is 17.7. The summed E-state index contributed by atoms with van der Waals surface area (Å²) in [4.78, 5) is 17.7. The van der Waals surface area contributed by atoms with Crippen LogP contribution >= 0.6 is 11.9 Å². The molecule has 0 aliphatic carbocycles. The summed E-state index contributed by atoms with van der Waals surface area (Å²) in [6, 6.07) is 12.8. The van der Waals surface area contributed by atoms with Gasteiger partial charge in [0, 0.05) is 0 Å². The Morgan fingerprint density at radius 1 is 1.03 bits per heavy atom. The molecule has 0 unspecified atom stereocenters. The number of para-hydroxylation sites is 1. The van der Waals surface area contributed by atoms with Crippen LogP contribution in [0.15, 0.2) is 57.4 Å². The summed E-state index contributed by atoms with van der Waals surface area (Å²) in [5.41, 5.74) is 1.53. The van der Waals surface area contributed by atoms with Crippen LogP contribution in [0.2, 0.25) is 0 Å². The van der Waals surface area contributed by atoms with E-state index in [0.29, 0.717) is 30.3 Å². The minimum atomic E-state index is -3.72. The molecule has 2 heterocycles. The highest BCUT2D eigenvalue weighted by Gasteiger charge is 2.42. The highest BCUT2D eigenvalue weighted by Crippen LogP contribution is 2.32. The average molecular weight is 543 g/mol. The number of rotatable bonds is 9. The van der Waals surface area contributed by atoms with Crippen molar-refractivity contribution in [1.82, 2.24) is 4.90 Å². The smallest absolute Gasteiger partial charge is 0.283 e. The Hall–Kier alpha value is -3.64. The third-order valence-corrected chi connectivity index (χ3v) is 7.83. The number of benzene rings is 2. The van der Waals surface area contributed by atoms with Gasteiger partial charge < -0.3 is 14.2 Å². The lowest BCUT2D eigenvalue weighted by Gasteiger charge is -2.24. The molecule has 0 spiro atoms. The molecule has 12 heteroatoms. The van der Waals surface area contributed by atoms with Gasteiger partial charge in [0.25, 0.3) is 5.91 Å². The van der Waals surface area contributed by atoms with Gasteiger partial charge in [-0.05, 0) is 49.2 Å². The van der Waals surface area contributed by atoms with E-state index in [2.05, 4.69) is 9.39 Å². The predicted molar refractivity (Wildman–Crippen MR) is 144 cm³/mol. The highest BCUT2D eigenvalue weighted by molar-refractivity contribution is 8.16. The van der Waals surface area contributed by atoms with Gasteiger partial charge in [-0.15, -0.1) is 0 Å². The van der Waals surface area contributed by atoms with Crippen LogP contribution in [0.3, 0.4) is 0 Å². The van der Waals surface area contributed by atoms with Crippen LogP contribution in [0.4, 0.5) is 0 Å². The zero-order chi connectivity index (χ0) is 26.6. The van der Waals surface area contributed by atoms with Crippen molar-refractivity contribution >= 4 is 49.9 Å². The lowest BCUT2D eigenvalue weighted by Crippen LogP contribution is -2.45. The van der Waals surface area contributed by atoms with E-state index in [1.807, 2.05) is 38.1 Å². The number of ether oxygens (including phenoxy) is 3. The molecule has 4 rings (SSSR count). The average Bonchev–Trinajstić information content (AvgIpc) is 3.31. The number of aliphatic imine (C=N–C) groups is 1. The number of carbonyl (C=O) groups excluding carboxylic acids is 1. The number of hydrogen-bond acceptors (Lipinski definition) is 9. The molecule has 37 heavy (non-hydrogen) atoms. The van der Waals surface area contributed by atoms with E-state index in [1.165, 1.54) is 13.0 Å². The molecular weight excluding hydrogens is 516 g/mol. The maximum atomic E-state index is 12.7. The number of amidine groups is 3. The number of amides is 1. The molecule has 0 fully saturated rings. The van der Waals surface area contributed by atoms with Crippen molar-refractivity contribution in [3.05, 3.63) is 59.2 Å². The van der Waals surface area contributed by atoms with Crippen LogP contribution in [-0.2, 0) is 14.6 Å². The van der Waals surface area contributed by atoms with Gasteiger partial charge in [-0.25, -0.2) is 13.3 Å². The number of hydrogen-bond donors (Lipinski definition) is 1. The second kappa shape index (κ2) is 11.2. The van der Waals surface area contributed by atoms with Crippen LogP contribution < -0.4 is 14.2 Å². The molecule has 2 aromatic carbocycles. The Labute approximate surface area is 219 Å². The standard InChI is InChI=1S/C25H26N4O6S2/c1-4-33-21-15-17(10-11-20(21)35-13-12-34-19-9-7-6-8-16(19)3)14-18-22(26)29-24(27-23(18)30)36-28-25(29)37(31,32)5-2/h6-11,14-15,26H,4-5,12-13H2,1-3H3. The fourth-order valence-corrected chi connectivity index (χ4v) is 5.48. The van der Waals surface area contributed by atoms with Gasteiger partial charge in [0.2, 0.25) is 20.2 Å². The largest absolute Gasteiger partial charge is 0.490 e. The van der Waals surface area contributed by atoms with Gasteiger partial charge in [-0.3, -0.25) is 10.2 Å². The van der Waals surface area contributed by atoms with Crippen molar-refractivity contribution in [2.45, 2.75) is 20.8 Å². The summed E-state index contributed by atoms with van der Waals surface area (Å²) in [6.07, 6.45) is 1.47. The van der Waals surface area contributed by atoms with E-state index in [-0.39, 0.29) is 34.1 Å². The summed E-state index contributed by atoms with van der Waals surface area (Å²) >= 11 is 0.761. The van der Waals surface area contributed by atoms with Gasteiger partial charge in [0.1, 0.15) is 24.8 Å². The van der Waals surface area contributed by atoms with Crippen LogP contribution in [-0.4, -0.2) is 61.0 Å². The monoisotopic (exact) mass is 542 g/mol. The Kier molecular flexibility index (Phi) is 7.98. The number of sulfone groups is 1. The maximum Gasteiger partial charge on any atom is 0.283 e. The van der Waals surface area contributed by atoms with Crippen molar-refractivity contribution in [2.75, 3.05) is 25.6 Å². The third kappa shape index (κ3) is 5.70. The SMILES string of the molecule is CCOc1cc(C=C2C(=N)N3C(=NC2=O)SN=C3S(=O)(=O)CC)ccc1OCCOc1ccccc1C. The van der Waals surface area contributed by atoms with Crippen LogP contribution in [0.5, 0.6) is 17.2 Å². The van der Waals surface area contributed by atoms with Crippen LogP contribution in [0.25, 0.3) is 6.08 Å². The first-order valence-corrected chi connectivity index (χ1v) is 14.0. The third-order valence-electron chi connectivity index (χ3n) is 5.42. The van der Waals surface area contributed by atoms with E-state index in [4.69, 9.17) is 19.6 Å². The summed E-state index contributed by atoms with van der Waals surface area (Å²) in [6.45, 7) is 6.31. The molecule has 0 atom stereocenters. The lowest BCUT2D eigenvalue weighted by atomic mass is 10.1. The Morgan fingerprint density at radius 3 is 2.46 bits per heavy atom. The molecule has 1 N–H and O–H groups in total. The lowest BCUT2D eigenvalue weighted by molar-refractivity contribution is -0.114. The minimum absolute atomic E-state index is 0.0471. The fourth-order valence-electron chi connectivity index (χ4n) is 3.52. The molecule has 1 amide bonds. The zero-order valence-corrected chi connectivity index (χ0v) is 22.2. The molecule has 0 bridgehead atoms. The molecule has 10 nitrogen and oxygen atoms in total. The summed E-state index contributed by atoms with van der Waals surface area (Å²) < 4.78 is 46.2. The Balaban J connectivity index is 1.52. The van der Waals surface area contributed by atoms with Gasteiger partial charge in [0.15, 0.2) is 11.5 Å². The van der Waals surface area contributed by atoms with E-state index in [0.717, 1.165) is 28.2 Å². The maximum absolute atomic E-state index is 12.7. The first-order valence-electron chi connectivity index (χ1n) is 11.5. The van der Waals surface area contributed by atoms with Crippen molar-refractivity contribution in [2.24, 2.45) is 9.39 Å².